The SMILES string of the molecule is O=C(C[NH+]1CCCCC1)N/N=C\c1ccccc1Br. The lowest BCUT2D eigenvalue weighted by Crippen LogP contribution is -3.13. The minimum absolute atomic E-state index is 0.0137. The third-order valence-electron chi connectivity index (χ3n) is 3.27. The van der Waals surface area contributed by atoms with Gasteiger partial charge in [0.15, 0.2) is 6.54 Å². The Morgan fingerprint density at radius 2 is 2.05 bits per heavy atom. The van der Waals surface area contributed by atoms with Crippen molar-refractivity contribution in [3.8, 4) is 0 Å². The van der Waals surface area contributed by atoms with E-state index in [1.807, 2.05) is 24.3 Å². The van der Waals surface area contributed by atoms with Gasteiger partial charge in [-0.15, -0.1) is 0 Å². The first-order valence-electron chi connectivity index (χ1n) is 6.66. The highest BCUT2D eigenvalue weighted by molar-refractivity contribution is 9.10. The van der Waals surface area contributed by atoms with Crippen LogP contribution in [0.2, 0.25) is 0 Å². The predicted molar refractivity (Wildman–Crippen MR) is 79.3 cm³/mol. The molecule has 1 aliphatic rings. The first kappa shape index (κ1) is 14.2. The van der Waals surface area contributed by atoms with Crippen molar-refractivity contribution in [2.75, 3.05) is 19.6 Å². The predicted octanol–water partition coefficient (Wildman–Crippen LogP) is 0.968. The molecule has 0 unspecified atom stereocenters. The number of amides is 1. The highest BCUT2D eigenvalue weighted by Crippen LogP contribution is 2.13. The Morgan fingerprint density at radius 3 is 2.79 bits per heavy atom. The average molecular weight is 325 g/mol. The summed E-state index contributed by atoms with van der Waals surface area (Å²) in [4.78, 5) is 13.1. The number of quaternary nitrogens is 1. The lowest BCUT2D eigenvalue weighted by Gasteiger charge is -2.22. The van der Waals surface area contributed by atoms with Crippen molar-refractivity contribution in [2.24, 2.45) is 5.10 Å². The number of hydrogen-bond donors (Lipinski definition) is 2. The summed E-state index contributed by atoms with van der Waals surface area (Å²) >= 11 is 3.44. The summed E-state index contributed by atoms with van der Waals surface area (Å²) < 4.78 is 0.967. The molecule has 0 radical (unpaired) electrons. The second-order valence-corrected chi connectivity index (χ2v) is 5.66. The minimum Gasteiger partial charge on any atom is -0.327 e. The number of piperidine rings is 1. The van der Waals surface area contributed by atoms with Crippen LogP contribution < -0.4 is 10.3 Å². The standard InChI is InChI=1S/C14H18BrN3O/c15-13-7-3-2-6-12(13)10-16-17-14(19)11-18-8-4-1-5-9-18/h2-3,6-7,10H,1,4-5,8-9,11H2,(H,17,19)/p+1/b16-10-. The zero-order valence-electron chi connectivity index (χ0n) is 10.9. The van der Waals surface area contributed by atoms with Crippen LogP contribution in [0, 0.1) is 0 Å². The van der Waals surface area contributed by atoms with Crippen molar-refractivity contribution in [3.05, 3.63) is 34.3 Å². The van der Waals surface area contributed by atoms with E-state index in [0.717, 1.165) is 23.1 Å². The quantitative estimate of drug-likeness (QED) is 0.629. The number of nitrogens with one attached hydrogen (secondary N) is 2. The van der Waals surface area contributed by atoms with Gasteiger partial charge in [-0.2, -0.15) is 5.10 Å². The average Bonchev–Trinajstić information content (AvgIpc) is 2.42. The van der Waals surface area contributed by atoms with Gasteiger partial charge in [0.25, 0.3) is 5.91 Å². The van der Waals surface area contributed by atoms with Gasteiger partial charge in [-0.3, -0.25) is 4.79 Å². The molecule has 0 atom stereocenters. The van der Waals surface area contributed by atoms with Crippen LogP contribution in [-0.4, -0.2) is 31.8 Å². The number of hydrogen-bond acceptors (Lipinski definition) is 2. The fraction of sp³-hybridized carbons (Fsp3) is 0.429. The Morgan fingerprint density at radius 1 is 1.32 bits per heavy atom. The highest BCUT2D eigenvalue weighted by Gasteiger charge is 2.16. The normalized spacial score (nSPS) is 16.7. The molecular formula is C14H19BrN3O+. The van der Waals surface area contributed by atoms with Gasteiger partial charge >= 0.3 is 0 Å². The molecule has 0 bridgehead atoms. The number of benzene rings is 1. The van der Waals surface area contributed by atoms with Crippen molar-refractivity contribution >= 4 is 28.1 Å². The molecule has 0 saturated carbocycles. The van der Waals surface area contributed by atoms with Crippen LogP contribution in [0.4, 0.5) is 0 Å². The summed E-state index contributed by atoms with van der Waals surface area (Å²) in [6.07, 6.45) is 5.41. The van der Waals surface area contributed by atoms with Gasteiger partial charge in [-0.05, 0) is 25.3 Å². The number of rotatable bonds is 4. The molecule has 1 aromatic carbocycles. The third-order valence-corrected chi connectivity index (χ3v) is 3.99. The van der Waals surface area contributed by atoms with Crippen LogP contribution in [0.25, 0.3) is 0 Å². The second-order valence-electron chi connectivity index (χ2n) is 4.80. The van der Waals surface area contributed by atoms with Gasteiger partial charge in [-0.25, -0.2) is 5.43 Å². The molecule has 1 aromatic rings. The van der Waals surface area contributed by atoms with Crippen molar-refractivity contribution < 1.29 is 9.69 Å². The Bertz CT molecular complexity index is 456. The molecule has 2 rings (SSSR count). The maximum Gasteiger partial charge on any atom is 0.295 e. The molecule has 1 aliphatic heterocycles. The number of carbonyl (C=O) groups is 1. The zero-order chi connectivity index (χ0) is 13.5. The summed E-state index contributed by atoms with van der Waals surface area (Å²) in [6, 6.07) is 7.77. The highest BCUT2D eigenvalue weighted by atomic mass is 79.9. The summed E-state index contributed by atoms with van der Waals surface area (Å²) in [7, 11) is 0. The molecule has 19 heavy (non-hydrogen) atoms. The van der Waals surface area contributed by atoms with Crippen LogP contribution in [0.15, 0.2) is 33.8 Å². The molecule has 0 spiro atoms. The first-order valence-corrected chi connectivity index (χ1v) is 7.45. The minimum atomic E-state index is -0.0137. The zero-order valence-corrected chi connectivity index (χ0v) is 12.4. The molecular weight excluding hydrogens is 306 g/mol. The van der Waals surface area contributed by atoms with E-state index in [-0.39, 0.29) is 5.91 Å². The monoisotopic (exact) mass is 324 g/mol. The fourth-order valence-corrected chi connectivity index (χ4v) is 2.64. The number of halogens is 1. The summed E-state index contributed by atoms with van der Waals surface area (Å²) in [5.41, 5.74) is 3.55. The Hall–Kier alpha value is -1.20. The number of carbonyl (C=O) groups excluding carboxylic acids is 1. The van der Waals surface area contributed by atoms with Crippen molar-refractivity contribution in [3.63, 3.8) is 0 Å². The third kappa shape index (κ3) is 4.76. The molecule has 1 heterocycles. The molecule has 1 fully saturated rings. The molecule has 0 aromatic heterocycles. The van der Waals surface area contributed by atoms with Crippen molar-refractivity contribution in [1.82, 2.24) is 5.43 Å². The Labute approximate surface area is 122 Å². The maximum atomic E-state index is 11.7. The van der Waals surface area contributed by atoms with Crippen LogP contribution >= 0.6 is 15.9 Å². The summed E-state index contributed by atoms with van der Waals surface area (Å²) in [5.74, 6) is -0.0137. The lowest BCUT2D eigenvalue weighted by molar-refractivity contribution is -0.896. The molecule has 4 nitrogen and oxygen atoms in total. The van der Waals surface area contributed by atoms with Gasteiger partial charge < -0.3 is 4.90 Å². The van der Waals surface area contributed by atoms with Crippen LogP contribution in [0.1, 0.15) is 24.8 Å². The van der Waals surface area contributed by atoms with E-state index in [9.17, 15) is 4.79 Å². The maximum absolute atomic E-state index is 11.7. The van der Waals surface area contributed by atoms with Gasteiger partial charge in [0.1, 0.15) is 0 Å². The van der Waals surface area contributed by atoms with E-state index in [4.69, 9.17) is 0 Å². The van der Waals surface area contributed by atoms with Gasteiger partial charge in [0.05, 0.1) is 19.3 Å². The number of nitrogens with zero attached hydrogens (tertiary/aromatic N) is 1. The number of hydrazone groups is 1. The van der Waals surface area contributed by atoms with E-state index >= 15 is 0 Å². The van der Waals surface area contributed by atoms with Crippen LogP contribution in [-0.2, 0) is 4.79 Å². The van der Waals surface area contributed by atoms with Crippen LogP contribution in [0.3, 0.4) is 0 Å². The molecule has 1 amide bonds. The number of likely N-dealkylation sites (tertiary alicyclic amines) is 1. The van der Waals surface area contributed by atoms with Gasteiger partial charge in [-0.1, -0.05) is 34.1 Å². The van der Waals surface area contributed by atoms with Crippen molar-refractivity contribution in [1.29, 1.82) is 0 Å². The first-order chi connectivity index (χ1) is 9.25. The lowest BCUT2D eigenvalue weighted by atomic mass is 10.1. The van der Waals surface area contributed by atoms with Crippen LogP contribution in [0.5, 0.6) is 0 Å². The topological polar surface area (TPSA) is 45.9 Å². The molecule has 0 aliphatic carbocycles. The Balaban J connectivity index is 1.78. The summed E-state index contributed by atoms with van der Waals surface area (Å²) in [5, 5.41) is 4.00. The Kier molecular flexibility index (Phi) is 5.54. The molecule has 1 saturated heterocycles. The van der Waals surface area contributed by atoms with E-state index < -0.39 is 0 Å². The second kappa shape index (κ2) is 7.40. The smallest absolute Gasteiger partial charge is 0.295 e. The van der Waals surface area contributed by atoms with Gasteiger partial charge in [0, 0.05) is 10.0 Å². The van der Waals surface area contributed by atoms with E-state index in [0.29, 0.717) is 6.54 Å². The van der Waals surface area contributed by atoms with E-state index in [1.165, 1.54) is 24.2 Å². The molecule has 102 valence electrons. The summed E-state index contributed by atoms with van der Waals surface area (Å²) in [6.45, 7) is 2.72. The van der Waals surface area contributed by atoms with E-state index in [2.05, 4.69) is 26.5 Å². The largest absolute Gasteiger partial charge is 0.327 e. The molecule has 2 N–H and O–H groups in total. The van der Waals surface area contributed by atoms with Gasteiger partial charge in [0.2, 0.25) is 0 Å². The fourth-order valence-electron chi connectivity index (χ4n) is 2.25. The van der Waals surface area contributed by atoms with Crippen molar-refractivity contribution in [2.45, 2.75) is 19.3 Å². The van der Waals surface area contributed by atoms with E-state index in [1.54, 1.807) is 6.21 Å². The molecule has 5 heteroatoms.